The van der Waals surface area contributed by atoms with Crippen molar-refractivity contribution in [1.29, 1.82) is 0 Å². The molecule has 2 heterocycles. The fourth-order valence-corrected chi connectivity index (χ4v) is 2.59. The summed E-state index contributed by atoms with van der Waals surface area (Å²) in [7, 11) is 0. The van der Waals surface area contributed by atoms with E-state index >= 15 is 0 Å². The molecule has 2 aromatic heterocycles. The van der Waals surface area contributed by atoms with E-state index in [9.17, 15) is 0 Å². The summed E-state index contributed by atoms with van der Waals surface area (Å²) in [4.78, 5) is 6.77. The Morgan fingerprint density at radius 3 is 3.00 bits per heavy atom. The predicted molar refractivity (Wildman–Crippen MR) is 84.1 cm³/mol. The molecule has 21 heavy (non-hydrogen) atoms. The van der Waals surface area contributed by atoms with Gasteiger partial charge in [0.05, 0.1) is 24.7 Å². The second kappa shape index (κ2) is 6.76. The van der Waals surface area contributed by atoms with E-state index in [-0.39, 0.29) is 0 Å². The number of hydrogen-bond donors (Lipinski definition) is 1. The van der Waals surface area contributed by atoms with Gasteiger partial charge < -0.3 is 14.6 Å². The lowest BCUT2D eigenvalue weighted by molar-refractivity contribution is 0.500. The number of hydrogen-bond acceptors (Lipinski definition) is 4. The van der Waals surface area contributed by atoms with Crippen molar-refractivity contribution in [3.8, 4) is 0 Å². The Kier molecular flexibility index (Phi) is 4.55. The summed E-state index contributed by atoms with van der Waals surface area (Å²) in [5.41, 5.74) is 2.55. The van der Waals surface area contributed by atoms with Crippen LogP contribution in [0.1, 0.15) is 37.5 Å². The van der Waals surface area contributed by atoms with Gasteiger partial charge in [-0.2, -0.15) is 0 Å². The van der Waals surface area contributed by atoms with Crippen LogP contribution in [0.4, 0.5) is 5.69 Å². The first-order chi connectivity index (χ1) is 10.4. The van der Waals surface area contributed by atoms with Crippen LogP contribution in [-0.2, 0) is 13.1 Å². The molecule has 0 bridgehead atoms. The van der Waals surface area contributed by atoms with Gasteiger partial charge in [-0.1, -0.05) is 6.92 Å². The van der Waals surface area contributed by atoms with E-state index in [1.807, 2.05) is 24.5 Å². The number of anilines is 1. The molecule has 0 spiro atoms. The fourth-order valence-electron chi connectivity index (χ4n) is 2.59. The van der Waals surface area contributed by atoms with E-state index in [1.165, 1.54) is 24.1 Å². The van der Waals surface area contributed by atoms with Crippen LogP contribution in [0, 0.1) is 0 Å². The van der Waals surface area contributed by atoms with Gasteiger partial charge in [-0.15, -0.1) is 0 Å². The SMILES string of the molecule is CCCNCc1ccncc1N(Cc1ccco1)C1CC1. The average molecular weight is 285 g/mol. The molecule has 2 aromatic rings. The summed E-state index contributed by atoms with van der Waals surface area (Å²) >= 11 is 0. The Balaban J connectivity index is 1.78. The monoisotopic (exact) mass is 285 g/mol. The highest BCUT2D eigenvalue weighted by Gasteiger charge is 2.31. The Bertz CT molecular complexity index is 549. The summed E-state index contributed by atoms with van der Waals surface area (Å²) in [5, 5.41) is 3.49. The van der Waals surface area contributed by atoms with Crippen LogP contribution in [0.2, 0.25) is 0 Å². The summed E-state index contributed by atoms with van der Waals surface area (Å²) in [6.07, 6.45) is 9.29. The lowest BCUT2D eigenvalue weighted by Gasteiger charge is -2.26. The maximum atomic E-state index is 5.52. The first-order valence-corrected chi connectivity index (χ1v) is 7.81. The Labute approximate surface area is 126 Å². The first kappa shape index (κ1) is 14.1. The number of furan rings is 1. The van der Waals surface area contributed by atoms with E-state index in [0.717, 1.165) is 31.8 Å². The molecule has 0 saturated heterocycles. The van der Waals surface area contributed by atoms with Gasteiger partial charge >= 0.3 is 0 Å². The Morgan fingerprint density at radius 2 is 2.29 bits per heavy atom. The van der Waals surface area contributed by atoms with Crippen molar-refractivity contribution in [1.82, 2.24) is 10.3 Å². The largest absolute Gasteiger partial charge is 0.467 e. The van der Waals surface area contributed by atoms with Crippen molar-refractivity contribution in [2.75, 3.05) is 11.4 Å². The van der Waals surface area contributed by atoms with Gasteiger partial charge in [-0.05, 0) is 49.6 Å². The standard InChI is InChI=1S/C17H23N3O/c1-2-8-18-11-14-7-9-19-12-17(14)20(15-5-6-15)13-16-4-3-10-21-16/h3-4,7,9-10,12,15,18H,2,5-6,8,11,13H2,1H3. The number of pyridine rings is 1. The second-order valence-corrected chi connectivity index (χ2v) is 5.62. The van der Waals surface area contributed by atoms with E-state index < -0.39 is 0 Å². The van der Waals surface area contributed by atoms with Gasteiger partial charge in [0.1, 0.15) is 5.76 Å². The quantitative estimate of drug-likeness (QED) is 0.755. The summed E-state index contributed by atoms with van der Waals surface area (Å²) in [5.74, 6) is 1.01. The maximum Gasteiger partial charge on any atom is 0.123 e. The normalized spacial score (nSPS) is 14.3. The van der Waals surface area contributed by atoms with E-state index in [0.29, 0.717) is 6.04 Å². The van der Waals surface area contributed by atoms with Crippen molar-refractivity contribution >= 4 is 5.69 Å². The number of aromatic nitrogens is 1. The lowest BCUT2D eigenvalue weighted by Crippen LogP contribution is -2.27. The highest BCUT2D eigenvalue weighted by molar-refractivity contribution is 5.53. The van der Waals surface area contributed by atoms with Crippen LogP contribution >= 0.6 is 0 Å². The molecule has 1 aliphatic carbocycles. The van der Waals surface area contributed by atoms with Crippen LogP contribution in [0.5, 0.6) is 0 Å². The highest BCUT2D eigenvalue weighted by atomic mass is 16.3. The molecule has 0 aliphatic heterocycles. The van der Waals surface area contributed by atoms with Gasteiger partial charge in [-0.3, -0.25) is 4.98 Å². The predicted octanol–water partition coefficient (Wildman–Crippen LogP) is 3.34. The van der Waals surface area contributed by atoms with Crippen LogP contribution in [0.15, 0.2) is 41.3 Å². The van der Waals surface area contributed by atoms with Gasteiger partial charge in [0.15, 0.2) is 0 Å². The van der Waals surface area contributed by atoms with Crippen molar-refractivity contribution in [3.05, 3.63) is 48.2 Å². The van der Waals surface area contributed by atoms with E-state index in [1.54, 1.807) is 6.26 Å². The maximum absolute atomic E-state index is 5.52. The number of rotatable bonds is 8. The molecule has 0 amide bonds. The van der Waals surface area contributed by atoms with Crippen LogP contribution in [-0.4, -0.2) is 17.6 Å². The molecular formula is C17H23N3O. The number of nitrogens with zero attached hydrogens (tertiary/aromatic N) is 2. The molecule has 112 valence electrons. The molecule has 1 fully saturated rings. The van der Waals surface area contributed by atoms with Gasteiger partial charge in [0, 0.05) is 18.8 Å². The minimum Gasteiger partial charge on any atom is -0.467 e. The van der Waals surface area contributed by atoms with E-state index in [4.69, 9.17) is 4.42 Å². The number of nitrogens with one attached hydrogen (secondary N) is 1. The molecule has 0 aromatic carbocycles. The summed E-state index contributed by atoms with van der Waals surface area (Å²) in [6, 6.07) is 6.74. The van der Waals surface area contributed by atoms with E-state index in [2.05, 4.69) is 28.2 Å². The minimum atomic E-state index is 0.629. The van der Waals surface area contributed by atoms with Crippen molar-refractivity contribution in [3.63, 3.8) is 0 Å². The zero-order chi connectivity index (χ0) is 14.5. The third kappa shape index (κ3) is 3.64. The average Bonchev–Trinajstić information content (AvgIpc) is 3.22. The summed E-state index contributed by atoms with van der Waals surface area (Å²) < 4.78 is 5.52. The molecular weight excluding hydrogens is 262 g/mol. The third-order valence-electron chi connectivity index (χ3n) is 3.83. The lowest BCUT2D eigenvalue weighted by atomic mass is 10.2. The first-order valence-electron chi connectivity index (χ1n) is 7.81. The van der Waals surface area contributed by atoms with Crippen molar-refractivity contribution in [2.45, 2.75) is 45.3 Å². The highest BCUT2D eigenvalue weighted by Crippen LogP contribution is 2.34. The molecule has 1 N–H and O–H groups in total. The zero-order valence-electron chi connectivity index (χ0n) is 12.6. The van der Waals surface area contributed by atoms with Crippen LogP contribution < -0.4 is 10.2 Å². The molecule has 4 heteroatoms. The molecule has 1 saturated carbocycles. The summed E-state index contributed by atoms with van der Waals surface area (Å²) in [6.45, 7) is 4.95. The topological polar surface area (TPSA) is 41.3 Å². The Hall–Kier alpha value is -1.81. The van der Waals surface area contributed by atoms with Crippen molar-refractivity contribution < 1.29 is 4.42 Å². The molecule has 0 unspecified atom stereocenters. The molecule has 0 radical (unpaired) electrons. The van der Waals surface area contributed by atoms with Crippen LogP contribution in [0.3, 0.4) is 0 Å². The fraction of sp³-hybridized carbons (Fsp3) is 0.471. The zero-order valence-corrected chi connectivity index (χ0v) is 12.6. The Morgan fingerprint density at radius 1 is 1.38 bits per heavy atom. The van der Waals surface area contributed by atoms with Crippen LogP contribution in [0.25, 0.3) is 0 Å². The third-order valence-corrected chi connectivity index (χ3v) is 3.83. The molecule has 1 aliphatic rings. The van der Waals surface area contributed by atoms with Gasteiger partial charge in [-0.25, -0.2) is 0 Å². The minimum absolute atomic E-state index is 0.629. The molecule has 0 atom stereocenters. The van der Waals surface area contributed by atoms with Gasteiger partial charge in [0.2, 0.25) is 0 Å². The van der Waals surface area contributed by atoms with Crippen molar-refractivity contribution in [2.24, 2.45) is 0 Å². The second-order valence-electron chi connectivity index (χ2n) is 5.62. The molecule has 3 rings (SSSR count). The molecule has 4 nitrogen and oxygen atoms in total. The van der Waals surface area contributed by atoms with Gasteiger partial charge in [0.25, 0.3) is 0 Å². The smallest absolute Gasteiger partial charge is 0.123 e.